The molecule has 0 fully saturated rings. The van der Waals surface area contributed by atoms with Crippen LogP contribution in [0.5, 0.6) is 0 Å². The second-order valence-corrected chi connectivity index (χ2v) is 9.56. The average Bonchev–Trinajstić information content (AvgIpc) is 2.88. The van der Waals surface area contributed by atoms with Gasteiger partial charge in [0.05, 0.1) is 6.04 Å². The minimum atomic E-state index is -0.191. The molecule has 2 aromatic carbocycles. The normalized spacial score (nSPS) is 11.7. The number of hydrogen-bond acceptors (Lipinski definition) is 1. The van der Waals surface area contributed by atoms with Gasteiger partial charge in [0.25, 0.3) is 5.91 Å². The van der Waals surface area contributed by atoms with Crippen molar-refractivity contribution in [3.8, 4) is 11.8 Å². The quantitative estimate of drug-likeness (QED) is 0.148. The molecule has 35 heavy (non-hydrogen) atoms. The van der Waals surface area contributed by atoms with Crippen LogP contribution in [0, 0.1) is 18.8 Å². The molecule has 0 saturated heterocycles. The predicted octanol–water partition coefficient (Wildman–Crippen LogP) is 8.66. The Labute approximate surface area is 214 Å². The first kappa shape index (κ1) is 28.4. The zero-order chi connectivity index (χ0) is 25.0. The van der Waals surface area contributed by atoms with Gasteiger partial charge in [-0.1, -0.05) is 124 Å². The number of carbonyl (C=O) groups excluding carboxylic acids is 1. The van der Waals surface area contributed by atoms with Gasteiger partial charge in [0.2, 0.25) is 0 Å². The summed E-state index contributed by atoms with van der Waals surface area (Å²) in [6.45, 7) is 4.35. The first-order valence-corrected chi connectivity index (χ1v) is 13.7. The van der Waals surface area contributed by atoms with Crippen molar-refractivity contribution in [1.29, 1.82) is 0 Å². The number of aryl methyl sites for hydroxylation is 1. The minimum Gasteiger partial charge on any atom is -0.338 e. The van der Waals surface area contributed by atoms with Crippen molar-refractivity contribution in [1.82, 2.24) is 5.32 Å². The van der Waals surface area contributed by atoms with Gasteiger partial charge in [0, 0.05) is 6.42 Å². The molecule has 1 unspecified atom stereocenters. The third kappa shape index (κ3) is 13.6. The number of benzene rings is 2. The summed E-state index contributed by atoms with van der Waals surface area (Å²) >= 11 is 0. The monoisotopic (exact) mass is 471 g/mol. The van der Waals surface area contributed by atoms with Gasteiger partial charge in [0.15, 0.2) is 0 Å². The zero-order valence-electron chi connectivity index (χ0n) is 22.0. The predicted molar refractivity (Wildman–Crippen MR) is 150 cm³/mol. The topological polar surface area (TPSA) is 29.1 Å². The standard InChI is InChI=1S/C33H45NO/c1-3-4-5-6-7-8-9-10-11-12-13-14-15-16-20-23-33(35)34-32(31-21-18-17-19-22-31)28-30-26-24-29(2)25-27-30/h10-11,17-19,21-22,24-27,32H,3-9,12-16,28H2,1-2H3,(H,34,35)/b11-10-. The zero-order valence-corrected chi connectivity index (χ0v) is 22.0. The molecule has 2 rings (SSSR count). The second kappa shape index (κ2) is 18.5. The highest BCUT2D eigenvalue weighted by molar-refractivity contribution is 5.93. The van der Waals surface area contributed by atoms with Crippen LogP contribution in [0.3, 0.4) is 0 Å². The molecule has 2 aromatic rings. The Kier molecular flexibility index (Phi) is 15.1. The lowest BCUT2D eigenvalue weighted by Crippen LogP contribution is -2.28. The Morgan fingerprint density at radius 1 is 0.829 bits per heavy atom. The summed E-state index contributed by atoms with van der Waals surface area (Å²) < 4.78 is 0. The van der Waals surface area contributed by atoms with Crippen molar-refractivity contribution < 1.29 is 4.79 Å². The van der Waals surface area contributed by atoms with Gasteiger partial charge >= 0.3 is 0 Å². The molecule has 0 bridgehead atoms. The molecule has 0 aliphatic rings. The highest BCUT2D eigenvalue weighted by Gasteiger charge is 2.14. The maximum Gasteiger partial charge on any atom is 0.296 e. The number of rotatable bonds is 16. The van der Waals surface area contributed by atoms with E-state index in [0.29, 0.717) is 0 Å². The highest BCUT2D eigenvalue weighted by atomic mass is 16.1. The fraction of sp³-hybridized carbons (Fsp3) is 0.485. The second-order valence-electron chi connectivity index (χ2n) is 9.56. The smallest absolute Gasteiger partial charge is 0.296 e. The number of hydrogen-bond donors (Lipinski definition) is 1. The van der Waals surface area contributed by atoms with Crippen LogP contribution in [0.2, 0.25) is 0 Å². The van der Waals surface area contributed by atoms with Crippen LogP contribution in [0.1, 0.15) is 107 Å². The third-order valence-electron chi connectivity index (χ3n) is 6.33. The van der Waals surface area contributed by atoms with Gasteiger partial charge in [-0.05, 0) is 62.5 Å². The molecule has 1 atom stereocenters. The molecule has 1 amide bonds. The van der Waals surface area contributed by atoms with E-state index in [1.165, 1.54) is 62.5 Å². The summed E-state index contributed by atoms with van der Waals surface area (Å²) in [5.74, 6) is 5.69. The Morgan fingerprint density at radius 2 is 1.46 bits per heavy atom. The van der Waals surface area contributed by atoms with E-state index >= 15 is 0 Å². The summed E-state index contributed by atoms with van der Waals surface area (Å²) in [5.41, 5.74) is 3.55. The van der Waals surface area contributed by atoms with Crippen LogP contribution in [-0.4, -0.2) is 5.91 Å². The van der Waals surface area contributed by atoms with Crippen molar-refractivity contribution in [2.75, 3.05) is 0 Å². The van der Waals surface area contributed by atoms with E-state index in [1.807, 2.05) is 18.2 Å². The Balaban J connectivity index is 1.64. The van der Waals surface area contributed by atoms with Gasteiger partial charge < -0.3 is 5.32 Å². The van der Waals surface area contributed by atoms with Gasteiger partial charge in [-0.25, -0.2) is 0 Å². The molecule has 0 spiro atoms. The maximum absolute atomic E-state index is 12.5. The van der Waals surface area contributed by atoms with E-state index in [1.54, 1.807) is 0 Å². The fourth-order valence-electron chi connectivity index (χ4n) is 4.17. The van der Waals surface area contributed by atoms with Crippen LogP contribution >= 0.6 is 0 Å². The SMILES string of the molecule is CCCCCCCC/C=C\CCCCCC#CC(=O)NC(Cc1ccc(C)cc1)c1ccccc1. The van der Waals surface area contributed by atoms with E-state index in [4.69, 9.17) is 0 Å². The lowest BCUT2D eigenvalue weighted by atomic mass is 9.98. The Hall–Kier alpha value is -2.79. The molecule has 2 nitrogen and oxygen atoms in total. The summed E-state index contributed by atoms with van der Waals surface area (Å²) in [4.78, 5) is 12.5. The number of allylic oxidation sites excluding steroid dienone is 2. The van der Waals surface area contributed by atoms with Crippen molar-refractivity contribution in [2.45, 2.75) is 103 Å². The summed E-state index contributed by atoms with van der Waals surface area (Å²) in [6, 6.07) is 18.6. The van der Waals surface area contributed by atoms with Crippen LogP contribution in [0.15, 0.2) is 66.7 Å². The van der Waals surface area contributed by atoms with E-state index < -0.39 is 0 Å². The number of nitrogens with one attached hydrogen (secondary N) is 1. The maximum atomic E-state index is 12.5. The first-order valence-electron chi connectivity index (χ1n) is 13.7. The molecule has 0 aromatic heterocycles. The van der Waals surface area contributed by atoms with E-state index in [0.717, 1.165) is 37.7 Å². The van der Waals surface area contributed by atoms with E-state index in [2.05, 4.69) is 79.6 Å². The van der Waals surface area contributed by atoms with Gasteiger partial charge in [0.1, 0.15) is 0 Å². The molecule has 1 N–H and O–H groups in total. The van der Waals surface area contributed by atoms with E-state index in [9.17, 15) is 4.79 Å². The van der Waals surface area contributed by atoms with Crippen LogP contribution in [0.25, 0.3) is 0 Å². The Morgan fingerprint density at radius 3 is 2.14 bits per heavy atom. The van der Waals surface area contributed by atoms with Crippen molar-refractivity contribution >= 4 is 5.91 Å². The van der Waals surface area contributed by atoms with Crippen molar-refractivity contribution in [3.63, 3.8) is 0 Å². The van der Waals surface area contributed by atoms with Crippen LogP contribution < -0.4 is 5.32 Å². The molecular formula is C33H45NO. The average molecular weight is 472 g/mol. The minimum absolute atomic E-state index is 0.0798. The van der Waals surface area contributed by atoms with Crippen LogP contribution in [-0.2, 0) is 11.2 Å². The van der Waals surface area contributed by atoms with Crippen molar-refractivity contribution in [3.05, 3.63) is 83.4 Å². The third-order valence-corrected chi connectivity index (χ3v) is 6.33. The van der Waals surface area contributed by atoms with Crippen molar-refractivity contribution in [2.24, 2.45) is 0 Å². The summed E-state index contributed by atoms with van der Waals surface area (Å²) in [6.07, 6.45) is 20.2. The molecule has 0 radical (unpaired) electrons. The fourth-order valence-corrected chi connectivity index (χ4v) is 4.17. The molecule has 0 aliphatic heterocycles. The molecule has 0 aliphatic carbocycles. The lowest BCUT2D eigenvalue weighted by Gasteiger charge is -2.18. The lowest BCUT2D eigenvalue weighted by molar-refractivity contribution is -0.116. The molecule has 0 saturated carbocycles. The molecule has 0 heterocycles. The molecule has 2 heteroatoms. The summed E-state index contributed by atoms with van der Waals surface area (Å²) in [7, 11) is 0. The van der Waals surface area contributed by atoms with Gasteiger partial charge in [-0.15, -0.1) is 0 Å². The molecular weight excluding hydrogens is 426 g/mol. The van der Waals surface area contributed by atoms with Gasteiger partial charge in [-0.2, -0.15) is 0 Å². The highest BCUT2D eigenvalue weighted by Crippen LogP contribution is 2.19. The van der Waals surface area contributed by atoms with Gasteiger partial charge in [-0.3, -0.25) is 4.79 Å². The summed E-state index contributed by atoms with van der Waals surface area (Å²) in [5, 5.41) is 3.12. The largest absolute Gasteiger partial charge is 0.338 e. The Bertz CT molecular complexity index is 902. The first-order chi connectivity index (χ1) is 17.2. The molecule has 188 valence electrons. The van der Waals surface area contributed by atoms with E-state index in [-0.39, 0.29) is 11.9 Å². The van der Waals surface area contributed by atoms with Crippen LogP contribution in [0.4, 0.5) is 0 Å². The number of amides is 1. The number of unbranched alkanes of at least 4 members (excludes halogenated alkanes) is 10. The number of carbonyl (C=O) groups is 1.